The maximum Gasteiger partial charge on any atom is 0.504 e. The van der Waals surface area contributed by atoms with Crippen molar-refractivity contribution >= 4 is 81.4 Å². The number of hydrogen-bond acceptors (Lipinski definition) is 10. The average molecular weight is 520 g/mol. The van der Waals surface area contributed by atoms with Crippen LogP contribution in [0.2, 0.25) is 0 Å². The minimum absolute atomic E-state index is 0.652. The van der Waals surface area contributed by atoms with E-state index in [0.717, 1.165) is 9.86 Å². The van der Waals surface area contributed by atoms with E-state index in [0.29, 0.717) is 6.04 Å². The lowest BCUT2D eigenvalue weighted by atomic mass is 10.2. The third-order valence-electron chi connectivity index (χ3n) is 4.11. The minimum atomic E-state index is -2.67. The van der Waals surface area contributed by atoms with Gasteiger partial charge in [0, 0.05) is 32.3 Å². The van der Waals surface area contributed by atoms with Crippen LogP contribution >= 0.6 is 62.4 Å². The fourth-order valence-corrected chi connectivity index (χ4v) is 14.4. The second-order valence-electron chi connectivity index (χ2n) is 5.90. The highest BCUT2D eigenvalue weighted by Gasteiger charge is 2.38. The fraction of sp³-hybridized carbons (Fsp3) is 0.278. The van der Waals surface area contributed by atoms with Gasteiger partial charge in [0.15, 0.2) is 4.34 Å². The van der Waals surface area contributed by atoms with E-state index in [1.807, 2.05) is 6.07 Å². The molecule has 2 aromatic carbocycles. The standard InChI is InChI=1S/C18H21NO3S6Si/c1-13-9-10-16(14(11-13)12-29(20-2,21-3)22-4)24-26-28-27-25-18-19-15-7-5-6-8-17(15)23-18/h5-11H,12H2,1-4H3. The number of fused-ring (bicyclic) bond motifs is 1. The Morgan fingerprint density at radius 1 is 0.931 bits per heavy atom. The number of rotatable bonds is 11. The van der Waals surface area contributed by atoms with Gasteiger partial charge in [-0.05, 0) is 81.8 Å². The average Bonchev–Trinajstić information content (AvgIpc) is 3.16. The molecule has 1 aromatic heterocycles. The van der Waals surface area contributed by atoms with Gasteiger partial charge < -0.3 is 13.3 Å². The van der Waals surface area contributed by atoms with Gasteiger partial charge in [-0.25, -0.2) is 4.98 Å². The van der Waals surface area contributed by atoms with Gasteiger partial charge in [-0.15, -0.1) is 11.3 Å². The Kier molecular flexibility index (Phi) is 9.61. The van der Waals surface area contributed by atoms with Crippen molar-refractivity contribution in [1.82, 2.24) is 4.98 Å². The fourth-order valence-electron chi connectivity index (χ4n) is 2.62. The molecule has 0 fully saturated rings. The van der Waals surface area contributed by atoms with Crippen LogP contribution in [0.1, 0.15) is 11.1 Å². The van der Waals surface area contributed by atoms with Crippen molar-refractivity contribution in [3.8, 4) is 0 Å². The van der Waals surface area contributed by atoms with Gasteiger partial charge in [0.2, 0.25) is 0 Å². The molecule has 0 aliphatic carbocycles. The van der Waals surface area contributed by atoms with Crippen molar-refractivity contribution in [2.75, 3.05) is 21.3 Å². The Morgan fingerprint density at radius 3 is 2.38 bits per heavy atom. The largest absolute Gasteiger partial charge is 0.504 e. The lowest BCUT2D eigenvalue weighted by Crippen LogP contribution is -2.45. The molecule has 0 unspecified atom stereocenters. The predicted octanol–water partition coefficient (Wildman–Crippen LogP) is 7.31. The van der Waals surface area contributed by atoms with Gasteiger partial charge in [-0.2, -0.15) is 0 Å². The van der Waals surface area contributed by atoms with E-state index in [2.05, 4.69) is 48.3 Å². The number of hydrogen-bond donors (Lipinski definition) is 0. The second kappa shape index (κ2) is 11.7. The molecule has 0 radical (unpaired) electrons. The summed E-state index contributed by atoms with van der Waals surface area (Å²) in [5.41, 5.74) is 3.48. The number of nitrogens with zero attached hydrogens (tertiary/aromatic N) is 1. The molecule has 0 aliphatic rings. The van der Waals surface area contributed by atoms with E-state index in [-0.39, 0.29) is 0 Å². The molecular weight excluding hydrogens is 499 g/mol. The molecule has 0 bridgehead atoms. The Labute approximate surface area is 195 Å². The van der Waals surface area contributed by atoms with Gasteiger partial charge >= 0.3 is 8.80 Å². The van der Waals surface area contributed by atoms with Gasteiger partial charge in [-0.1, -0.05) is 29.8 Å². The summed E-state index contributed by atoms with van der Waals surface area (Å²) in [6.45, 7) is 2.10. The molecule has 11 heteroatoms. The molecule has 1 heterocycles. The zero-order valence-electron chi connectivity index (χ0n) is 16.4. The van der Waals surface area contributed by atoms with Gasteiger partial charge in [0.05, 0.1) is 10.2 Å². The predicted molar refractivity (Wildman–Crippen MR) is 136 cm³/mol. The number of para-hydroxylation sites is 1. The van der Waals surface area contributed by atoms with E-state index in [1.54, 1.807) is 83.7 Å². The van der Waals surface area contributed by atoms with Crippen LogP contribution in [-0.4, -0.2) is 35.1 Å². The summed E-state index contributed by atoms with van der Waals surface area (Å²) in [4.78, 5) is 5.86. The van der Waals surface area contributed by atoms with E-state index < -0.39 is 8.80 Å². The highest BCUT2D eigenvalue weighted by molar-refractivity contribution is 9.35. The van der Waals surface area contributed by atoms with Crippen molar-refractivity contribution in [1.29, 1.82) is 0 Å². The number of benzene rings is 2. The molecule has 0 N–H and O–H groups in total. The van der Waals surface area contributed by atoms with Crippen LogP contribution < -0.4 is 0 Å². The van der Waals surface area contributed by atoms with Crippen LogP contribution in [0.15, 0.2) is 51.7 Å². The SMILES string of the molecule is CO[Si](Cc1cc(C)ccc1SSSSSc1nc2ccccc2s1)(OC)OC. The highest BCUT2D eigenvalue weighted by atomic mass is 33.8. The van der Waals surface area contributed by atoms with Crippen molar-refractivity contribution in [2.24, 2.45) is 0 Å². The smallest absolute Gasteiger partial charge is 0.377 e. The van der Waals surface area contributed by atoms with Crippen LogP contribution in [0.5, 0.6) is 0 Å². The first-order valence-electron chi connectivity index (χ1n) is 8.54. The molecule has 4 nitrogen and oxygen atoms in total. The topological polar surface area (TPSA) is 40.6 Å². The lowest BCUT2D eigenvalue weighted by molar-refractivity contribution is 0.122. The Hall–Kier alpha value is 0.177. The maximum atomic E-state index is 5.61. The zero-order valence-corrected chi connectivity index (χ0v) is 22.3. The summed E-state index contributed by atoms with van der Waals surface area (Å²) in [6.07, 6.45) is 0. The molecular formula is C18H21NO3S6Si. The first-order valence-corrected chi connectivity index (χ1v) is 17.4. The Bertz CT molecular complexity index is 896. The van der Waals surface area contributed by atoms with Crippen LogP contribution in [-0.2, 0) is 19.3 Å². The summed E-state index contributed by atoms with van der Waals surface area (Å²) >= 11 is 1.73. The molecule has 29 heavy (non-hydrogen) atoms. The normalized spacial score (nSPS) is 12.0. The zero-order chi connectivity index (χ0) is 20.7. The van der Waals surface area contributed by atoms with E-state index >= 15 is 0 Å². The molecule has 0 saturated heterocycles. The third kappa shape index (κ3) is 6.58. The van der Waals surface area contributed by atoms with Crippen LogP contribution in [0.4, 0.5) is 0 Å². The molecule has 0 atom stereocenters. The lowest BCUT2D eigenvalue weighted by Gasteiger charge is -2.25. The minimum Gasteiger partial charge on any atom is -0.377 e. The summed E-state index contributed by atoms with van der Waals surface area (Å²) < 4.78 is 19.2. The summed E-state index contributed by atoms with van der Waals surface area (Å²) in [5, 5.41) is 0. The Balaban J connectivity index is 1.54. The second-order valence-corrected chi connectivity index (χ2v) is 17.6. The van der Waals surface area contributed by atoms with E-state index in [4.69, 9.17) is 13.3 Å². The molecule has 0 aliphatic heterocycles. The summed E-state index contributed by atoms with van der Waals surface area (Å²) in [5.74, 6) is 0. The van der Waals surface area contributed by atoms with Crippen molar-refractivity contribution in [2.45, 2.75) is 22.2 Å². The number of aryl methyl sites for hydroxylation is 1. The maximum absolute atomic E-state index is 5.61. The number of thiazole rings is 1. The molecule has 0 spiro atoms. The molecule has 0 amide bonds. The monoisotopic (exact) mass is 519 g/mol. The van der Waals surface area contributed by atoms with Gasteiger partial charge in [0.1, 0.15) is 0 Å². The highest BCUT2D eigenvalue weighted by Crippen LogP contribution is 2.54. The molecule has 156 valence electrons. The van der Waals surface area contributed by atoms with Crippen LogP contribution in [0, 0.1) is 6.92 Å². The molecule has 0 saturated carbocycles. The first-order chi connectivity index (χ1) is 14.1. The van der Waals surface area contributed by atoms with E-state index in [9.17, 15) is 0 Å². The van der Waals surface area contributed by atoms with Gasteiger partial charge in [-0.3, -0.25) is 0 Å². The van der Waals surface area contributed by atoms with E-state index in [1.165, 1.54) is 20.7 Å². The Morgan fingerprint density at radius 2 is 1.66 bits per heavy atom. The summed E-state index contributed by atoms with van der Waals surface area (Å²) in [7, 11) is 11.0. The van der Waals surface area contributed by atoms with Crippen molar-refractivity contribution in [3.63, 3.8) is 0 Å². The third-order valence-corrected chi connectivity index (χ3v) is 16.5. The summed E-state index contributed by atoms with van der Waals surface area (Å²) in [6, 6.07) is 15.4. The van der Waals surface area contributed by atoms with Gasteiger partial charge in [0.25, 0.3) is 0 Å². The quantitative estimate of drug-likeness (QED) is 0.147. The number of aromatic nitrogens is 1. The first kappa shape index (κ1) is 23.8. The van der Waals surface area contributed by atoms with Crippen LogP contribution in [0.3, 0.4) is 0 Å². The van der Waals surface area contributed by atoms with Crippen molar-refractivity contribution < 1.29 is 13.3 Å². The molecule has 3 aromatic rings. The molecule has 3 rings (SSSR count). The van der Waals surface area contributed by atoms with Crippen LogP contribution in [0.25, 0.3) is 10.2 Å². The van der Waals surface area contributed by atoms with Crippen molar-refractivity contribution in [3.05, 3.63) is 53.6 Å².